The van der Waals surface area contributed by atoms with Crippen molar-refractivity contribution >= 4 is 5.91 Å². The Kier molecular flexibility index (Phi) is 3.46. The second-order valence-corrected chi connectivity index (χ2v) is 3.98. The maximum absolute atomic E-state index is 12.0. The summed E-state index contributed by atoms with van der Waals surface area (Å²) in [7, 11) is 1.97. The zero-order valence-electron chi connectivity index (χ0n) is 9.39. The molecule has 0 spiro atoms. The van der Waals surface area contributed by atoms with Crippen LogP contribution in [0.5, 0.6) is 0 Å². The molecule has 1 amide bonds. The summed E-state index contributed by atoms with van der Waals surface area (Å²) in [4.78, 5) is 21.6. The van der Waals surface area contributed by atoms with Crippen molar-refractivity contribution in [3.63, 3.8) is 0 Å². The van der Waals surface area contributed by atoms with Gasteiger partial charge in [0.05, 0.1) is 5.56 Å². The molecule has 1 aliphatic heterocycles. The highest BCUT2D eigenvalue weighted by Gasteiger charge is 2.22. The molecule has 0 radical (unpaired) electrons. The van der Waals surface area contributed by atoms with E-state index in [4.69, 9.17) is 0 Å². The van der Waals surface area contributed by atoms with E-state index in [-0.39, 0.29) is 5.91 Å². The van der Waals surface area contributed by atoms with Gasteiger partial charge in [0.25, 0.3) is 5.91 Å². The third-order valence-corrected chi connectivity index (χ3v) is 3.00. The van der Waals surface area contributed by atoms with Gasteiger partial charge in [-0.15, -0.1) is 0 Å². The number of hydrogen-bond donors (Lipinski definition) is 1. The summed E-state index contributed by atoms with van der Waals surface area (Å²) in [6.07, 6.45) is 6.59. The fourth-order valence-electron chi connectivity index (χ4n) is 1.96. The highest BCUT2D eigenvalue weighted by molar-refractivity contribution is 5.93. The van der Waals surface area contributed by atoms with Crippen molar-refractivity contribution in [2.75, 3.05) is 20.1 Å². The molecule has 0 unspecified atom stereocenters. The largest absolute Gasteiger partial charge is 0.338 e. The molecule has 2 heterocycles. The van der Waals surface area contributed by atoms with Crippen LogP contribution >= 0.6 is 0 Å². The van der Waals surface area contributed by atoms with Crippen molar-refractivity contribution in [3.8, 4) is 0 Å². The van der Waals surface area contributed by atoms with E-state index in [1.807, 2.05) is 11.9 Å². The number of nitrogens with one attached hydrogen (secondary N) is 1. The van der Waals surface area contributed by atoms with Gasteiger partial charge in [-0.1, -0.05) is 0 Å². The predicted molar refractivity (Wildman–Crippen MR) is 60.0 cm³/mol. The molecule has 86 valence electrons. The topological polar surface area (TPSA) is 58.1 Å². The number of likely N-dealkylation sites (tertiary alicyclic amines) is 1. The maximum Gasteiger partial charge on any atom is 0.256 e. The van der Waals surface area contributed by atoms with Crippen LogP contribution in [0.1, 0.15) is 23.2 Å². The molecule has 16 heavy (non-hydrogen) atoms. The minimum absolute atomic E-state index is 0.0372. The molecular weight excluding hydrogens is 204 g/mol. The molecule has 0 bridgehead atoms. The van der Waals surface area contributed by atoms with Gasteiger partial charge in [-0.2, -0.15) is 0 Å². The second kappa shape index (κ2) is 5.03. The number of piperidine rings is 1. The van der Waals surface area contributed by atoms with Gasteiger partial charge >= 0.3 is 0 Å². The van der Waals surface area contributed by atoms with E-state index in [2.05, 4.69) is 15.3 Å². The van der Waals surface area contributed by atoms with Crippen molar-refractivity contribution in [1.29, 1.82) is 0 Å². The van der Waals surface area contributed by atoms with E-state index in [0.717, 1.165) is 25.9 Å². The molecule has 1 aromatic rings. The first-order valence-corrected chi connectivity index (χ1v) is 5.53. The molecule has 0 aromatic carbocycles. The van der Waals surface area contributed by atoms with E-state index in [9.17, 15) is 4.79 Å². The Morgan fingerprint density at radius 3 is 2.56 bits per heavy atom. The van der Waals surface area contributed by atoms with Gasteiger partial charge in [-0.25, -0.2) is 9.97 Å². The van der Waals surface area contributed by atoms with Gasteiger partial charge in [0.1, 0.15) is 6.33 Å². The van der Waals surface area contributed by atoms with Gasteiger partial charge in [0.15, 0.2) is 0 Å². The summed E-state index contributed by atoms with van der Waals surface area (Å²) >= 11 is 0. The van der Waals surface area contributed by atoms with Gasteiger partial charge < -0.3 is 10.2 Å². The zero-order chi connectivity index (χ0) is 11.4. The van der Waals surface area contributed by atoms with Crippen LogP contribution in [0.4, 0.5) is 0 Å². The standard InChI is InChI=1S/C11H16N4O/c1-12-10-2-4-15(5-3-10)11(16)9-6-13-8-14-7-9/h6-8,10,12H,2-5H2,1H3. The molecule has 0 atom stereocenters. The van der Waals surface area contributed by atoms with Crippen molar-refractivity contribution in [3.05, 3.63) is 24.3 Å². The van der Waals surface area contributed by atoms with Crippen molar-refractivity contribution in [2.45, 2.75) is 18.9 Å². The summed E-state index contributed by atoms with van der Waals surface area (Å²) in [6, 6.07) is 0.538. The number of nitrogens with zero attached hydrogens (tertiary/aromatic N) is 3. The Balaban J connectivity index is 1.97. The average molecular weight is 220 g/mol. The van der Waals surface area contributed by atoms with Crippen molar-refractivity contribution < 1.29 is 4.79 Å². The summed E-state index contributed by atoms with van der Waals surface area (Å²) in [5.74, 6) is 0.0372. The lowest BCUT2D eigenvalue weighted by molar-refractivity contribution is 0.0706. The van der Waals surface area contributed by atoms with Crippen LogP contribution in [0.3, 0.4) is 0 Å². The van der Waals surface area contributed by atoms with Crippen LogP contribution in [0.25, 0.3) is 0 Å². The number of amides is 1. The molecule has 1 N–H and O–H groups in total. The zero-order valence-corrected chi connectivity index (χ0v) is 9.39. The molecule has 0 saturated carbocycles. The lowest BCUT2D eigenvalue weighted by atomic mass is 10.0. The molecule has 5 nitrogen and oxygen atoms in total. The summed E-state index contributed by atoms with van der Waals surface area (Å²) in [6.45, 7) is 1.61. The fourth-order valence-corrected chi connectivity index (χ4v) is 1.96. The van der Waals surface area contributed by atoms with Crippen LogP contribution in [-0.2, 0) is 0 Å². The van der Waals surface area contributed by atoms with Gasteiger partial charge in [-0.05, 0) is 19.9 Å². The highest BCUT2D eigenvalue weighted by Crippen LogP contribution is 2.12. The number of carbonyl (C=O) groups is 1. The Labute approximate surface area is 94.9 Å². The third-order valence-electron chi connectivity index (χ3n) is 3.00. The number of hydrogen-bond acceptors (Lipinski definition) is 4. The van der Waals surface area contributed by atoms with E-state index in [0.29, 0.717) is 11.6 Å². The lowest BCUT2D eigenvalue weighted by Crippen LogP contribution is -2.44. The first-order valence-electron chi connectivity index (χ1n) is 5.53. The maximum atomic E-state index is 12.0. The number of rotatable bonds is 2. The van der Waals surface area contributed by atoms with Crippen molar-refractivity contribution in [1.82, 2.24) is 20.2 Å². The number of carbonyl (C=O) groups excluding carboxylic acids is 1. The summed E-state index contributed by atoms with van der Waals surface area (Å²) < 4.78 is 0. The van der Waals surface area contributed by atoms with E-state index in [1.165, 1.54) is 6.33 Å². The first-order chi connectivity index (χ1) is 7.81. The lowest BCUT2D eigenvalue weighted by Gasteiger charge is -2.31. The van der Waals surface area contributed by atoms with Crippen LogP contribution < -0.4 is 5.32 Å². The van der Waals surface area contributed by atoms with Gasteiger partial charge in [-0.3, -0.25) is 4.79 Å². The van der Waals surface area contributed by atoms with E-state index >= 15 is 0 Å². The quantitative estimate of drug-likeness (QED) is 0.779. The minimum Gasteiger partial charge on any atom is -0.338 e. The molecule has 1 aromatic heterocycles. The molecule has 1 saturated heterocycles. The van der Waals surface area contributed by atoms with Gasteiger partial charge in [0.2, 0.25) is 0 Å². The minimum atomic E-state index is 0.0372. The average Bonchev–Trinajstić information content (AvgIpc) is 2.39. The van der Waals surface area contributed by atoms with Crippen molar-refractivity contribution in [2.24, 2.45) is 0 Å². The SMILES string of the molecule is CNC1CCN(C(=O)c2cncnc2)CC1. The molecule has 0 aliphatic carbocycles. The van der Waals surface area contributed by atoms with Crippen LogP contribution in [0, 0.1) is 0 Å². The van der Waals surface area contributed by atoms with Crippen LogP contribution in [0.15, 0.2) is 18.7 Å². The predicted octanol–water partition coefficient (Wildman–Crippen LogP) is 0.301. The summed E-state index contributed by atoms with van der Waals surface area (Å²) in [5, 5.41) is 3.24. The monoisotopic (exact) mass is 220 g/mol. The smallest absolute Gasteiger partial charge is 0.256 e. The van der Waals surface area contributed by atoms with Crippen LogP contribution in [-0.4, -0.2) is 47.0 Å². The van der Waals surface area contributed by atoms with E-state index < -0.39 is 0 Å². The normalized spacial score (nSPS) is 17.4. The first kappa shape index (κ1) is 11.0. The molecule has 5 heteroatoms. The van der Waals surface area contributed by atoms with Gasteiger partial charge in [0, 0.05) is 31.5 Å². The summed E-state index contributed by atoms with van der Waals surface area (Å²) in [5.41, 5.74) is 0.574. The second-order valence-electron chi connectivity index (χ2n) is 3.98. The Bertz CT molecular complexity index is 346. The Morgan fingerprint density at radius 1 is 1.38 bits per heavy atom. The Hall–Kier alpha value is -1.49. The third kappa shape index (κ3) is 2.36. The molecule has 1 aliphatic rings. The highest BCUT2D eigenvalue weighted by atomic mass is 16.2. The number of aromatic nitrogens is 2. The fraction of sp³-hybridized carbons (Fsp3) is 0.545. The molecule has 2 rings (SSSR count). The van der Waals surface area contributed by atoms with Crippen LogP contribution in [0.2, 0.25) is 0 Å². The Morgan fingerprint density at radius 2 is 2.00 bits per heavy atom. The molecule has 1 fully saturated rings. The molecular formula is C11H16N4O. The van der Waals surface area contributed by atoms with E-state index in [1.54, 1.807) is 12.4 Å².